The van der Waals surface area contributed by atoms with Crippen molar-refractivity contribution in [3.8, 4) is 0 Å². The number of hydrogen-bond donors (Lipinski definition) is 1. The van der Waals surface area contributed by atoms with Gasteiger partial charge < -0.3 is 15.0 Å². The van der Waals surface area contributed by atoms with Gasteiger partial charge in [0.1, 0.15) is 0 Å². The lowest BCUT2D eigenvalue weighted by Gasteiger charge is -2.32. The molecule has 1 aromatic heterocycles. The van der Waals surface area contributed by atoms with E-state index >= 15 is 0 Å². The third-order valence-corrected chi connectivity index (χ3v) is 3.96. The molecule has 20 heavy (non-hydrogen) atoms. The van der Waals surface area contributed by atoms with Crippen molar-refractivity contribution in [3.05, 3.63) is 35.1 Å². The van der Waals surface area contributed by atoms with Gasteiger partial charge in [0.15, 0.2) is 0 Å². The van der Waals surface area contributed by atoms with E-state index in [2.05, 4.69) is 4.98 Å². The maximum Gasteiger partial charge on any atom is 0.487 e. The van der Waals surface area contributed by atoms with E-state index in [1.807, 2.05) is 58.8 Å². The molecular formula is C15H23BN2O2. The molecule has 1 fully saturated rings. The fraction of sp³-hybridized carbons (Fsp3) is 0.533. The Bertz CT molecular complexity index is 511. The van der Waals surface area contributed by atoms with Crippen molar-refractivity contribution >= 4 is 13.2 Å². The van der Waals surface area contributed by atoms with Crippen LogP contribution < -0.4 is 5.73 Å². The minimum absolute atomic E-state index is 0.307. The van der Waals surface area contributed by atoms with Crippen LogP contribution in [0.5, 0.6) is 0 Å². The highest BCUT2D eigenvalue weighted by Crippen LogP contribution is 2.37. The summed E-state index contributed by atoms with van der Waals surface area (Å²) in [5, 5.41) is 0. The van der Waals surface area contributed by atoms with Gasteiger partial charge in [-0.25, -0.2) is 0 Å². The molecule has 0 amide bonds. The van der Waals surface area contributed by atoms with Crippen LogP contribution >= 0.6 is 0 Å². The van der Waals surface area contributed by atoms with Crippen molar-refractivity contribution < 1.29 is 9.31 Å². The van der Waals surface area contributed by atoms with E-state index < -0.39 is 0 Å². The molecule has 0 radical (unpaired) electrons. The van der Waals surface area contributed by atoms with Gasteiger partial charge in [0.05, 0.1) is 16.9 Å². The highest BCUT2D eigenvalue weighted by atomic mass is 16.7. The molecule has 2 heterocycles. The zero-order valence-corrected chi connectivity index (χ0v) is 12.9. The van der Waals surface area contributed by atoms with Gasteiger partial charge in [0.25, 0.3) is 0 Å². The summed E-state index contributed by atoms with van der Waals surface area (Å²) in [6, 6.07) is 4.00. The van der Waals surface area contributed by atoms with Crippen molar-refractivity contribution in [1.29, 1.82) is 0 Å². The lowest BCUT2D eigenvalue weighted by molar-refractivity contribution is 0.00578. The summed E-state index contributed by atoms with van der Waals surface area (Å²) < 4.78 is 11.8. The number of nitrogens with zero attached hydrogens (tertiary/aromatic N) is 1. The molecule has 2 N–H and O–H groups in total. The van der Waals surface area contributed by atoms with Crippen LogP contribution in [0.2, 0.25) is 0 Å². The standard InChI is InChI=1S/C15H23BN2O2/c1-11-8-12(9-13(10-17)18-11)6-7-16-19-14(2,3)15(4,5)20-16/h6-9H,10,17H2,1-5H3/b7-6+. The van der Waals surface area contributed by atoms with E-state index in [-0.39, 0.29) is 18.3 Å². The Balaban J connectivity index is 2.13. The summed E-state index contributed by atoms with van der Waals surface area (Å²) in [5.74, 6) is 1.94. The van der Waals surface area contributed by atoms with E-state index in [0.29, 0.717) is 6.54 Å². The SMILES string of the molecule is Cc1cc(/C=C/B2OC(C)(C)C(C)(C)O2)cc(CN)n1. The zero-order valence-electron chi connectivity index (χ0n) is 12.9. The van der Waals surface area contributed by atoms with Crippen LogP contribution in [0.4, 0.5) is 0 Å². The average molecular weight is 274 g/mol. The summed E-state index contributed by atoms with van der Waals surface area (Å²) in [6.07, 6.45) is 2.00. The normalized spacial score (nSPS) is 20.8. The van der Waals surface area contributed by atoms with E-state index in [0.717, 1.165) is 17.0 Å². The highest BCUT2D eigenvalue weighted by Gasteiger charge is 2.49. The molecule has 0 bridgehead atoms. The molecule has 1 aliphatic rings. The van der Waals surface area contributed by atoms with Gasteiger partial charge in [0, 0.05) is 12.2 Å². The minimum atomic E-state index is -0.324. The summed E-state index contributed by atoms with van der Waals surface area (Å²) in [7, 11) is -0.324. The Morgan fingerprint density at radius 3 is 2.35 bits per heavy atom. The molecule has 0 unspecified atom stereocenters. The number of aromatic nitrogens is 1. The van der Waals surface area contributed by atoms with Gasteiger partial charge in [-0.1, -0.05) is 12.1 Å². The molecule has 0 aliphatic carbocycles. The first kappa shape index (κ1) is 15.2. The second kappa shape index (κ2) is 5.32. The van der Waals surface area contributed by atoms with Gasteiger partial charge in [0.2, 0.25) is 0 Å². The molecule has 1 aliphatic heterocycles. The Morgan fingerprint density at radius 2 is 1.80 bits per heavy atom. The minimum Gasteiger partial charge on any atom is -0.400 e. The Hall–Kier alpha value is -1.17. The highest BCUT2D eigenvalue weighted by molar-refractivity contribution is 6.52. The van der Waals surface area contributed by atoms with Crippen LogP contribution in [0.25, 0.3) is 6.08 Å². The topological polar surface area (TPSA) is 57.4 Å². The molecule has 108 valence electrons. The Morgan fingerprint density at radius 1 is 1.20 bits per heavy atom. The van der Waals surface area contributed by atoms with Crippen molar-refractivity contribution in [2.75, 3.05) is 0 Å². The number of pyridine rings is 1. The maximum atomic E-state index is 5.92. The largest absolute Gasteiger partial charge is 0.487 e. The average Bonchev–Trinajstić information content (AvgIpc) is 2.54. The number of nitrogens with two attached hydrogens (primary N) is 1. The molecule has 2 rings (SSSR count). The molecular weight excluding hydrogens is 251 g/mol. The van der Waals surface area contributed by atoms with E-state index in [9.17, 15) is 0 Å². The summed E-state index contributed by atoms with van der Waals surface area (Å²) in [6.45, 7) is 10.6. The first-order valence-corrected chi connectivity index (χ1v) is 6.95. The van der Waals surface area contributed by atoms with E-state index in [1.54, 1.807) is 0 Å². The summed E-state index contributed by atoms with van der Waals surface area (Å²) >= 11 is 0. The van der Waals surface area contributed by atoms with Crippen molar-refractivity contribution in [2.24, 2.45) is 5.73 Å². The molecule has 1 saturated heterocycles. The molecule has 5 heteroatoms. The van der Waals surface area contributed by atoms with Crippen molar-refractivity contribution in [3.63, 3.8) is 0 Å². The third kappa shape index (κ3) is 3.11. The fourth-order valence-electron chi connectivity index (χ4n) is 2.12. The predicted octanol–water partition coefficient (Wildman–Crippen LogP) is 2.49. The predicted molar refractivity (Wildman–Crippen MR) is 82.0 cm³/mol. The van der Waals surface area contributed by atoms with Crippen LogP contribution in [-0.4, -0.2) is 23.3 Å². The first-order valence-electron chi connectivity index (χ1n) is 6.95. The quantitative estimate of drug-likeness (QED) is 0.860. The Kier molecular flexibility index (Phi) is 4.05. The molecule has 0 saturated carbocycles. The molecule has 0 aromatic carbocycles. The zero-order chi connectivity index (χ0) is 15.0. The van der Waals surface area contributed by atoms with Crippen molar-refractivity contribution in [2.45, 2.75) is 52.4 Å². The first-order chi connectivity index (χ1) is 9.23. The van der Waals surface area contributed by atoms with Gasteiger partial charge >= 0.3 is 7.12 Å². The molecule has 4 nitrogen and oxygen atoms in total. The van der Waals surface area contributed by atoms with Crippen LogP contribution in [0.1, 0.15) is 44.6 Å². The van der Waals surface area contributed by atoms with Crippen LogP contribution in [-0.2, 0) is 15.9 Å². The van der Waals surface area contributed by atoms with E-state index in [1.165, 1.54) is 0 Å². The van der Waals surface area contributed by atoms with Gasteiger partial charge in [-0.2, -0.15) is 0 Å². The monoisotopic (exact) mass is 274 g/mol. The van der Waals surface area contributed by atoms with Gasteiger partial charge in [-0.05, 0) is 52.3 Å². The second-order valence-corrected chi connectivity index (χ2v) is 6.22. The lowest BCUT2D eigenvalue weighted by Crippen LogP contribution is -2.41. The van der Waals surface area contributed by atoms with Crippen LogP contribution in [0.15, 0.2) is 18.1 Å². The smallest absolute Gasteiger partial charge is 0.400 e. The maximum absolute atomic E-state index is 5.92. The second-order valence-electron chi connectivity index (χ2n) is 6.22. The summed E-state index contributed by atoms with van der Waals surface area (Å²) in [4.78, 5) is 4.36. The van der Waals surface area contributed by atoms with E-state index in [4.69, 9.17) is 15.0 Å². The van der Waals surface area contributed by atoms with Gasteiger partial charge in [-0.15, -0.1) is 0 Å². The molecule has 1 aromatic rings. The Labute approximate surface area is 121 Å². The van der Waals surface area contributed by atoms with Crippen LogP contribution in [0, 0.1) is 6.92 Å². The number of hydrogen-bond acceptors (Lipinski definition) is 4. The van der Waals surface area contributed by atoms with Crippen LogP contribution in [0.3, 0.4) is 0 Å². The van der Waals surface area contributed by atoms with Gasteiger partial charge in [-0.3, -0.25) is 4.98 Å². The third-order valence-electron chi connectivity index (χ3n) is 3.96. The summed E-state index contributed by atoms with van der Waals surface area (Å²) in [5.41, 5.74) is 7.94. The number of aryl methyl sites for hydroxylation is 1. The molecule has 0 spiro atoms. The van der Waals surface area contributed by atoms with Crippen molar-refractivity contribution in [1.82, 2.24) is 4.98 Å². The fourth-order valence-corrected chi connectivity index (χ4v) is 2.12. The molecule has 0 atom stereocenters. The number of rotatable bonds is 3. The lowest BCUT2D eigenvalue weighted by atomic mass is 9.89.